The molecule has 198 valence electrons. The zero-order valence-corrected chi connectivity index (χ0v) is 21.7. The highest BCUT2D eigenvalue weighted by molar-refractivity contribution is 7.86. The van der Waals surface area contributed by atoms with Gasteiger partial charge in [0.15, 0.2) is 11.0 Å². The quantitative estimate of drug-likeness (QED) is 0.198. The number of nitrogens with one attached hydrogen (secondary N) is 1. The van der Waals surface area contributed by atoms with Crippen LogP contribution in [0.5, 0.6) is 11.5 Å². The van der Waals surface area contributed by atoms with Crippen LogP contribution in [0.3, 0.4) is 0 Å². The molecular formula is C25H14ClF4N5O2S2. The molecule has 0 aliphatic heterocycles. The minimum Gasteiger partial charge on any atom is -0.455 e. The van der Waals surface area contributed by atoms with Crippen LogP contribution in [0.4, 0.5) is 22.7 Å². The lowest BCUT2D eigenvalue weighted by Gasteiger charge is -2.15. The van der Waals surface area contributed by atoms with Gasteiger partial charge in [-0.3, -0.25) is 4.72 Å². The van der Waals surface area contributed by atoms with Crippen LogP contribution in [-0.2, 0) is 17.2 Å². The van der Waals surface area contributed by atoms with Crippen molar-refractivity contribution in [1.29, 1.82) is 0 Å². The molecule has 1 atom stereocenters. The summed E-state index contributed by atoms with van der Waals surface area (Å²) in [6.07, 6.45) is -1.61. The number of ether oxygens (including phenoxy) is 1. The molecule has 2 aromatic heterocycles. The summed E-state index contributed by atoms with van der Waals surface area (Å²) in [5, 5.41) is 15.2. The Morgan fingerprint density at radius 2 is 1.74 bits per heavy atom. The molecule has 0 saturated carbocycles. The predicted molar refractivity (Wildman–Crippen MR) is 139 cm³/mol. The Balaban J connectivity index is 1.51. The zero-order chi connectivity index (χ0) is 27.6. The molecule has 5 aromatic rings. The third-order valence-corrected chi connectivity index (χ3v) is 7.47. The molecule has 0 aliphatic rings. The van der Waals surface area contributed by atoms with E-state index in [1.165, 1.54) is 36.1 Å². The molecule has 0 aliphatic carbocycles. The van der Waals surface area contributed by atoms with E-state index in [-0.39, 0.29) is 26.5 Å². The number of anilines is 1. The molecule has 0 amide bonds. The summed E-state index contributed by atoms with van der Waals surface area (Å²) in [6, 6.07) is 13.4. The molecule has 0 radical (unpaired) electrons. The van der Waals surface area contributed by atoms with Crippen LogP contribution in [0.1, 0.15) is 5.56 Å². The Morgan fingerprint density at radius 1 is 0.923 bits per heavy atom. The largest absolute Gasteiger partial charge is 0.455 e. The maximum absolute atomic E-state index is 14.9. The second-order valence-electron chi connectivity index (χ2n) is 7.85. The summed E-state index contributed by atoms with van der Waals surface area (Å²) in [4.78, 5) is -0.221. The minimum atomic E-state index is -4.50. The van der Waals surface area contributed by atoms with Crippen LogP contribution < -0.4 is 9.46 Å². The summed E-state index contributed by atoms with van der Waals surface area (Å²) in [5.41, 5.74) is 2.44. The molecule has 39 heavy (non-hydrogen) atoms. The monoisotopic (exact) mass is 591 g/mol. The molecule has 0 spiro atoms. The molecule has 1 unspecified atom stereocenters. The fourth-order valence-corrected chi connectivity index (χ4v) is 5.30. The predicted octanol–water partition coefficient (Wildman–Crippen LogP) is 7.40. The third kappa shape index (κ3) is 6.05. The number of halogens is 5. The van der Waals surface area contributed by atoms with E-state index in [1.54, 1.807) is 24.3 Å². The van der Waals surface area contributed by atoms with Crippen molar-refractivity contribution < 1.29 is 26.5 Å². The Bertz CT molecular complexity index is 1650. The highest BCUT2D eigenvalue weighted by atomic mass is 35.5. The summed E-state index contributed by atoms with van der Waals surface area (Å²) >= 11 is 7.44. The summed E-state index contributed by atoms with van der Waals surface area (Å²) in [6.45, 7) is 0. The van der Waals surface area contributed by atoms with E-state index < -0.39 is 28.5 Å². The lowest BCUT2D eigenvalue weighted by Crippen LogP contribution is -2.07. The minimum absolute atomic E-state index is 0.0282. The summed E-state index contributed by atoms with van der Waals surface area (Å²) < 4.78 is 75.8. The van der Waals surface area contributed by atoms with E-state index in [4.69, 9.17) is 16.3 Å². The van der Waals surface area contributed by atoms with Crippen LogP contribution in [0.2, 0.25) is 5.02 Å². The van der Waals surface area contributed by atoms with Crippen molar-refractivity contribution >= 4 is 39.1 Å². The van der Waals surface area contributed by atoms with E-state index >= 15 is 0 Å². The van der Waals surface area contributed by atoms with Gasteiger partial charge >= 0.3 is 6.18 Å². The van der Waals surface area contributed by atoms with E-state index in [9.17, 15) is 21.8 Å². The molecule has 0 saturated heterocycles. The molecule has 14 heteroatoms. The van der Waals surface area contributed by atoms with Crippen molar-refractivity contribution in [2.45, 2.75) is 11.1 Å². The first kappa shape index (κ1) is 26.7. The first-order chi connectivity index (χ1) is 18.7. The second kappa shape index (κ2) is 11.0. The maximum Gasteiger partial charge on any atom is 0.416 e. The number of nitrogens with zero attached hydrogens (tertiary/aromatic N) is 4. The number of alkyl halides is 3. The van der Waals surface area contributed by atoms with Gasteiger partial charge < -0.3 is 4.74 Å². The number of rotatable bonds is 7. The van der Waals surface area contributed by atoms with Gasteiger partial charge in [0.25, 0.3) is 0 Å². The molecule has 2 heterocycles. The van der Waals surface area contributed by atoms with Gasteiger partial charge in [-0.2, -0.15) is 23.4 Å². The molecule has 7 nitrogen and oxygen atoms in total. The van der Waals surface area contributed by atoms with Crippen molar-refractivity contribution in [2.75, 3.05) is 4.72 Å². The van der Waals surface area contributed by atoms with Gasteiger partial charge in [0.2, 0.25) is 5.13 Å². The average molecular weight is 592 g/mol. The van der Waals surface area contributed by atoms with Crippen LogP contribution in [0.25, 0.3) is 22.3 Å². The smallest absolute Gasteiger partial charge is 0.416 e. The fourth-order valence-electron chi connectivity index (χ4n) is 3.55. The zero-order valence-electron chi connectivity index (χ0n) is 19.3. The molecule has 3 aromatic carbocycles. The van der Waals surface area contributed by atoms with Crippen LogP contribution in [0.15, 0.2) is 83.5 Å². The number of hydrogen-bond donors (Lipinski definition) is 1. The van der Waals surface area contributed by atoms with E-state index in [0.29, 0.717) is 22.3 Å². The molecular weight excluding hydrogens is 578 g/mol. The van der Waals surface area contributed by atoms with Crippen LogP contribution in [-0.4, -0.2) is 24.6 Å². The van der Waals surface area contributed by atoms with Crippen molar-refractivity contribution in [3.8, 4) is 33.8 Å². The Hall–Kier alpha value is -3.94. The van der Waals surface area contributed by atoms with Crippen LogP contribution >= 0.6 is 22.9 Å². The topological polar surface area (TPSA) is 89.9 Å². The SMILES string of the molecule is O=S(Nc1nncs1)c1cc(Cl)c(Oc2ccc(-c3cccc(C(F)(F)F)c3)cc2-c2ccnnc2)cc1F. The van der Waals surface area contributed by atoms with Gasteiger partial charge in [-0.15, -0.1) is 10.2 Å². The van der Waals surface area contributed by atoms with Gasteiger partial charge in [0.1, 0.15) is 22.8 Å². The van der Waals surface area contributed by atoms with Gasteiger partial charge in [0, 0.05) is 17.2 Å². The van der Waals surface area contributed by atoms with Crippen molar-refractivity contribution in [3.63, 3.8) is 0 Å². The van der Waals surface area contributed by atoms with Crippen molar-refractivity contribution in [2.24, 2.45) is 0 Å². The normalized spacial score (nSPS) is 12.2. The Morgan fingerprint density at radius 3 is 2.46 bits per heavy atom. The standard InChI is InChI=1S/C25H14ClF4N5O2S2/c26-19-10-23(39(36)35-24-34-33-13-38-24)20(27)11-22(19)37-21-5-4-15(9-18(21)16-6-7-31-32-12-16)14-2-1-3-17(8-14)25(28,29)30/h1-13H,(H,34,35). The third-order valence-electron chi connectivity index (χ3n) is 5.34. The van der Waals surface area contributed by atoms with E-state index in [2.05, 4.69) is 25.1 Å². The van der Waals surface area contributed by atoms with E-state index in [0.717, 1.165) is 29.5 Å². The second-order valence-corrected chi connectivity index (χ2v) is 10.3. The molecule has 5 rings (SSSR count). The van der Waals surface area contributed by atoms with Gasteiger partial charge in [0.05, 0.1) is 27.9 Å². The number of benzene rings is 3. The lowest BCUT2D eigenvalue weighted by molar-refractivity contribution is -0.137. The first-order valence-electron chi connectivity index (χ1n) is 10.9. The van der Waals surface area contributed by atoms with Crippen molar-refractivity contribution in [3.05, 3.63) is 95.0 Å². The first-order valence-corrected chi connectivity index (χ1v) is 13.3. The Kier molecular flexibility index (Phi) is 7.55. The van der Waals surface area contributed by atoms with Gasteiger partial charge in [-0.25, -0.2) is 8.60 Å². The molecule has 0 fully saturated rings. The molecule has 1 N–H and O–H groups in total. The Labute approximate surface area is 230 Å². The van der Waals surface area contributed by atoms with Crippen molar-refractivity contribution in [1.82, 2.24) is 20.4 Å². The molecule has 0 bridgehead atoms. The highest BCUT2D eigenvalue weighted by Crippen LogP contribution is 2.40. The number of hydrogen-bond acceptors (Lipinski definition) is 7. The maximum atomic E-state index is 14.9. The van der Waals surface area contributed by atoms with Gasteiger partial charge in [-0.1, -0.05) is 41.1 Å². The summed E-state index contributed by atoms with van der Waals surface area (Å²) in [5.74, 6) is -0.695. The summed E-state index contributed by atoms with van der Waals surface area (Å²) in [7, 11) is -2.01. The average Bonchev–Trinajstić information content (AvgIpc) is 3.44. The van der Waals surface area contributed by atoms with Crippen LogP contribution in [0, 0.1) is 5.82 Å². The fraction of sp³-hybridized carbons (Fsp3) is 0.0400. The number of aromatic nitrogens is 4. The highest BCUT2D eigenvalue weighted by Gasteiger charge is 2.30. The van der Waals surface area contributed by atoms with Gasteiger partial charge in [-0.05, 0) is 47.5 Å². The lowest BCUT2D eigenvalue weighted by atomic mass is 9.98. The van der Waals surface area contributed by atoms with E-state index in [1.807, 2.05) is 0 Å².